The predicted molar refractivity (Wildman–Crippen MR) is 112 cm³/mol. The third kappa shape index (κ3) is 3.72. The zero-order chi connectivity index (χ0) is 20.2. The number of para-hydroxylation sites is 2. The second kappa shape index (κ2) is 7.73. The van der Waals surface area contributed by atoms with Gasteiger partial charge in [-0.2, -0.15) is 5.10 Å². The molecule has 0 aliphatic heterocycles. The summed E-state index contributed by atoms with van der Waals surface area (Å²) in [6.07, 6.45) is 1.43. The molecule has 0 saturated heterocycles. The maximum atomic E-state index is 13.1. The van der Waals surface area contributed by atoms with Gasteiger partial charge in [-0.15, -0.1) is 0 Å². The van der Waals surface area contributed by atoms with E-state index in [2.05, 4.69) is 15.5 Å². The number of nitro benzene ring substituents is 1. The monoisotopic (exact) mass is 385 g/mol. The van der Waals surface area contributed by atoms with Crippen molar-refractivity contribution in [3.8, 4) is 5.69 Å². The van der Waals surface area contributed by atoms with Crippen LogP contribution in [0.5, 0.6) is 0 Å². The van der Waals surface area contributed by atoms with E-state index >= 15 is 0 Å². The first-order valence-corrected chi connectivity index (χ1v) is 8.74. The number of non-ortho nitro benzene ring substituents is 1. The van der Waals surface area contributed by atoms with Crippen molar-refractivity contribution in [2.45, 2.75) is 0 Å². The number of nitrogens with one attached hydrogen (secondary N) is 1. The third-order valence-electron chi connectivity index (χ3n) is 4.25. The Kier molecular flexibility index (Phi) is 4.81. The Bertz CT molecular complexity index is 1280. The molecular formula is C21H15N5O3. The van der Waals surface area contributed by atoms with Crippen LogP contribution >= 0.6 is 0 Å². The van der Waals surface area contributed by atoms with Gasteiger partial charge >= 0.3 is 0 Å². The minimum absolute atomic E-state index is 0.0287. The van der Waals surface area contributed by atoms with Gasteiger partial charge in [0.25, 0.3) is 11.2 Å². The van der Waals surface area contributed by atoms with Gasteiger partial charge in [-0.25, -0.2) is 15.0 Å². The molecule has 4 aromatic rings. The zero-order valence-corrected chi connectivity index (χ0v) is 15.1. The average Bonchev–Trinajstić information content (AvgIpc) is 2.75. The molecule has 0 spiro atoms. The summed E-state index contributed by atoms with van der Waals surface area (Å²) >= 11 is 0. The molecular weight excluding hydrogens is 370 g/mol. The van der Waals surface area contributed by atoms with Crippen molar-refractivity contribution < 1.29 is 4.92 Å². The standard InChI is InChI=1S/C21H15N5O3/c27-20-18-11-4-5-12-19(18)23-21(25(20)16-8-2-1-3-9-16)24-22-14-15-7-6-10-17(13-15)26(28)29/h1-14H,(H,23,24)/b22-14-. The summed E-state index contributed by atoms with van der Waals surface area (Å²) in [5.74, 6) is 0.238. The van der Waals surface area contributed by atoms with E-state index < -0.39 is 4.92 Å². The molecule has 4 rings (SSSR count). The fourth-order valence-electron chi connectivity index (χ4n) is 2.91. The van der Waals surface area contributed by atoms with Gasteiger partial charge in [0.15, 0.2) is 0 Å². The Hall–Kier alpha value is -4.33. The smallest absolute Gasteiger partial charge is 0.268 e. The second-order valence-corrected chi connectivity index (χ2v) is 6.15. The Labute approximate surface area is 164 Å². The topological polar surface area (TPSA) is 102 Å². The van der Waals surface area contributed by atoms with Crippen molar-refractivity contribution in [3.63, 3.8) is 0 Å². The number of hydrogen-bond donors (Lipinski definition) is 1. The van der Waals surface area contributed by atoms with Crippen LogP contribution in [0.3, 0.4) is 0 Å². The Morgan fingerprint density at radius 1 is 1.00 bits per heavy atom. The molecule has 8 nitrogen and oxygen atoms in total. The molecule has 0 atom stereocenters. The molecule has 0 aliphatic rings. The largest absolute Gasteiger partial charge is 0.270 e. The van der Waals surface area contributed by atoms with E-state index in [0.29, 0.717) is 22.2 Å². The van der Waals surface area contributed by atoms with Crippen LogP contribution in [-0.4, -0.2) is 20.7 Å². The van der Waals surface area contributed by atoms with Crippen molar-refractivity contribution in [1.29, 1.82) is 0 Å². The van der Waals surface area contributed by atoms with Crippen LogP contribution in [0, 0.1) is 10.1 Å². The van der Waals surface area contributed by atoms with E-state index in [1.165, 1.54) is 22.9 Å². The molecule has 0 unspecified atom stereocenters. The Morgan fingerprint density at radius 2 is 1.76 bits per heavy atom. The van der Waals surface area contributed by atoms with Gasteiger partial charge < -0.3 is 0 Å². The number of anilines is 1. The van der Waals surface area contributed by atoms with Crippen LogP contribution in [-0.2, 0) is 0 Å². The first-order valence-electron chi connectivity index (χ1n) is 8.74. The first-order chi connectivity index (χ1) is 14.1. The summed E-state index contributed by atoms with van der Waals surface area (Å²) in [5.41, 5.74) is 4.26. The fraction of sp³-hybridized carbons (Fsp3) is 0. The van der Waals surface area contributed by atoms with Crippen LogP contribution < -0.4 is 11.0 Å². The normalized spacial score (nSPS) is 11.0. The van der Waals surface area contributed by atoms with Gasteiger partial charge in [0, 0.05) is 17.7 Å². The lowest BCUT2D eigenvalue weighted by Crippen LogP contribution is -2.22. The van der Waals surface area contributed by atoms with Crippen LogP contribution in [0.2, 0.25) is 0 Å². The van der Waals surface area contributed by atoms with Crippen LogP contribution in [0.25, 0.3) is 16.6 Å². The van der Waals surface area contributed by atoms with Gasteiger partial charge in [-0.05, 0) is 24.3 Å². The summed E-state index contributed by atoms with van der Waals surface area (Å²) in [5, 5.41) is 15.5. The summed E-state index contributed by atoms with van der Waals surface area (Å²) in [7, 11) is 0. The molecule has 1 N–H and O–H groups in total. The highest BCUT2D eigenvalue weighted by Gasteiger charge is 2.12. The van der Waals surface area contributed by atoms with Crippen LogP contribution in [0.1, 0.15) is 5.56 Å². The fourth-order valence-corrected chi connectivity index (χ4v) is 2.91. The van der Waals surface area contributed by atoms with E-state index in [1.54, 1.807) is 48.5 Å². The molecule has 3 aromatic carbocycles. The second-order valence-electron chi connectivity index (χ2n) is 6.15. The Morgan fingerprint density at radius 3 is 2.55 bits per heavy atom. The number of nitrogens with zero attached hydrogens (tertiary/aromatic N) is 4. The number of hydrazone groups is 1. The molecule has 0 amide bonds. The van der Waals surface area contributed by atoms with Gasteiger partial charge in [0.05, 0.1) is 27.7 Å². The van der Waals surface area contributed by atoms with E-state index in [1.807, 2.05) is 18.2 Å². The lowest BCUT2D eigenvalue weighted by atomic mass is 10.2. The first kappa shape index (κ1) is 18.1. The van der Waals surface area contributed by atoms with Gasteiger partial charge in [-0.1, -0.05) is 42.5 Å². The van der Waals surface area contributed by atoms with Crippen molar-refractivity contribution in [1.82, 2.24) is 9.55 Å². The molecule has 0 radical (unpaired) electrons. The minimum atomic E-state index is -0.470. The van der Waals surface area contributed by atoms with E-state index in [4.69, 9.17) is 0 Å². The number of nitro groups is 1. The highest BCUT2D eigenvalue weighted by Crippen LogP contribution is 2.16. The van der Waals surface area contributed by atoms with Crippen LogP contribution in [0.4, 0.5) is 11.6 Å². The maximum Gasteiger partial charge on any atom is 0.270 e. The molecule has 1 heterocycles. The van der Waals surface area contributed by atoms with Crippen molar-refractivity contribution in [2.75, 3.05) is 5.43 Å². The molecule has 0 aliphatic carbocycles. The highest BCUT2D eigenvalue weighted by molar-refractivity contribution is 5.82. The number of benzene rings is 3. The summed E-state index contributed by atoms with van der Waals surface area (Å²) in [4.78, 5) is 28.0. The quantitative estimate of drug-likeness (QED) is 0.320. The highest BCUT2D eigenvalue weighted by atomic mass is 16.6. The van der Waals surface area contributed by atoms with Gasteiger partial charge in [-0.3, -0.25) is 14.9 Å². The average molecular weight is 385 g/mol. The molecule has 142 valence electrons. The SMILES string of the molecule is O=c1c2ccccc2nc(N/N=C\c2cccc([N+](=O)[O-])c2)n1-c1ccccc1. The molecule has 1 aromatic heterocycles. The number of rotatable bonds is 5. The van der Waals surface area contributed by atoms with Crippen molar-refractivity contribution in [2.24, 2.45) is 5.10 Å². The number of hydrogen-bond acceptors (Lipinski definition) is 6. The molecule has 0 fully saturated rings. The van der Waals surface area contributed by atoms with E-state index in [0.717, 1.165) is 0 Å². The molecule has 8 heteroatoms. The predicted octanol–water partition coefficient (Wildman–Crippen LogP) is 3.74. The van der Waals surface area contributed by atoms with E-state index in [-0.39, 0.29) is 17.2 Å². The van der Waals surface area contributed by atoms with Crippen LogP contribution in [0.15, 0.2) is 88.8 Å². The molecule has 0 saturated carbocycles. The third-order valence-corrected chi connectivity index (χ3v) is 4.25. The summed E-state index contributed by atoms with van der Waals surface area (Å²) in [6, 6.07) is 22.3. The van der Waals surface area contributed by atoms with Crippen molar-refractivity contribution in [3.05, 3.63) is 105 Å². The zero-order valence-electron chi connectivity index (χ0n) is 15.1. The van der Waals surface area contributed by atoms with Crippen molar-refractivity contribution >= 4 is 28.8 Å². The molecule has 0 bridgehead atoms. The summed E-state index contributed by atoms with van der Waals surface area (Å²) in [6.45, 7) is 0. The maximum absolute atomic E-state index is 13.1. The Balaban J connectivity index is 1.76. The lowest BCUT2D eigenvalue weighted by Gasteiger charge is -2.12. The number of fused-ring (bicyclic) bond motifs is 1. The minimum Gasteiger partial charge on any atom is -0.268 e. The summed E-state index contributed by atoms with van der Waals surface area (Å²) < 4.78 is 1.44. The van der Waals surface area contributed by atoms with E-state index in [9.17, 15) is 14.9 Å². The van der Waals surface area contributed by atoms with Gasteiger partial charge in [0.1, 0.15) is 0 Å². The lowest BCUT2D eigenvalue weighted by molar-refractivity contribution is -0.384. The number of aromatic nitrogens is 2. The van der Waals surface area contributed by atoms with Gasteiger partial charge in [0.2, 0.25) is 5.95 Å². The molecule has 29 heavy (non-hydrogen) atoms.